The minimum absolute atomic E-state index is 0.390. The van der Waals surface area contributed by atoms with E-state index in [1.54, 1.807) is 0 Å². The molecular formula is C23H36N6. The Balaban J connectivity index is 1.30. The van der Waals surface area contributed by atoms with Crippen molar-refractivity contribution in [3.05, 3.63) is 24.0 Å². The largest absolute Gasteiger partial charge is 0.366 e. The Morgan fingerprint density at radius 1 is 1.14 bits per heavy atom. The van der Waals surface area contributed by atoms with E-state index in [-0.39, 0.29) is 0 Å². The number of hydrogen-bond acceptors (Lipinski definition) is 5. The molecule has 1 saturated carbocycles. The summed E-state index contributed by atoms with van der Waals surface area (Å²) in [6, 6.07) is 4.62. The number of aryl methyl sites for hydroxylation is 2. The van der Waals surface area contributed by atoms with Gasteiger partial charge in [0.05, 0.1) is 11.4 Å². The zero-order valence-electron chi connectivity index (χ0n) is 18.8. The molecule has 1 aliphatic heterocycles. The van der Waals surface area contributed by atoms with Crippen LogP contribution in [0, 0.1) is 30.1 Å². The van der Waals surface area contributed by atoms with Crippen molar-refractivity contribution < 1.29 is 0 Å². The molecule has 4 rings (SSSR count). The van der Waals surface area contributed by atoms with Crippen molar-refractivity contribution in [2.24, 2.45) is 30.2 Å². The lowest BCUT2D eigenvalue weighted by atomic mass is 9.82. The summed E-state index contributed by atoms with van der Waals surface area (Å²) in [6.45, 7) is 15.2. The Labute approximate surface area is 175 Å². The van der Waals surface area contributed by atoms with Crippen molar-refractivity contribution >= 4 is 5.82 Å². The van der Waals surface area contributed by atoms with Gasteiger partial charge in [-0.25, -0.2) is 0 Å². The van der Waals surface area contributed by atoms with Gasteiger partial charge < -0.3 is 10.2 Å². The smallest absolute Gasteiger partial charge is 0.148 e. The number of nitrogens with zero attached hydrogens (tertiary/aromatic N) is 5. The molecule has 0 radical (unpaired) electrons. The van der Waals surface area contributed by atoms with Gasteiger partial charge in [0, 0.05) is 44.5 Å². The van der Waals surface area contributed by atoms with Crippen molar-refractivity contribution in [1.82, 2.24) is 24.9 Å². The maximum absolute atomic E-state index is 4.44. The molecule has 1 aliphatic carbocycles. The molecule has 3 heterocycles. The molecule has 4 atom stereocenters. The van der Waals surface area contributed by atoms with Gasteiger partial charge in [0.25, 0.3) is 0 Å². The van der Waals surface area contributed by atoms with Crippen molar-refractivity contribution in [1.29, 1.82) is 0 Å². The Morgan fingerprint density at radius 2 is 1.83 bits per heavy atom. The first-order valence-corrected chi connectivity index (χ1v) is 11.0. The molecule has 158 valence electrons. The fraction of sp³-hybridized carbons (Fsp3) is 0.696. The number of anilines is 1. The number of hydrogen-bond donors (Lipinski definition) is 1. The van der Waals surface area contributed by atoms with Gasteiger partial charge in [0.1, 0.15) is 5.82 Å². The van der Waals surface area contributed by atoms with Crippen LogP contribution in [0.15, 0.2) is 18.3 Å². The first kappa shape index (κ1) is 20.3. The first-order chi connectivity index (χ1) is 13.7. The Hall–Kier alpha value is -1.95. The van der Waals surface area contributed by atoms with E-state index < -0.39 is 0 Å². The number of aromatic nitrogens is 4. The van der Waals surface area contributed by atoms with Crippen LogP contribution >= 0.6 is 0 Å². The fourth-order valence-electron chi connectivity index (χ4n) is 4.94. The molecule has 6 heteroatoms. The van der Waals surface area contributed by atoms with Gasteiger partial charge in [-0.3, -0.25) is 4.68 Å². The van der Waals surface area contributed by atoms with E-state index in [1.807, 2.05) is 30.9 Å². The van der Waals surface area contributed by atoms with Crippen LogP contribution in [-0.4, -0.2) is 50.6 Å². The second kappa shape index (κ2) is 7.71. The number of likely N-dealkylation sites (tertiary alicyclic amines) is 1. The van der Waals surface area contributed by atoms with E-state index in [1.165, 1.54) is 32.5 Å². The topological polar surface area (TPSA) is 58.9 Å². The summed E-state index contributed by atoms with van der Waals surface area (Å²) in [5.41, 5.74) is 3.30. The highest BCUT2D eigenvalue weighted by atomic mass is 15.3. The van der Waals surface area contributed by atoms with Crippen LogP contribution < -0.4 is 5.32 Å². The van der Waals surface area contributed by atoms with Crippen LogP contribution in [0.3, 0.4) is 0 Å². The molecule has 0 bridgehead atoms. The molecule has 1 unspecified atom stereocenters. The molecule has 1 saturated heterocycles. The third kappa shape index (κ3) is 4.47. The van der Waals surface area contributed by atoms with E-state index in [0.29, 0.717) is 11.5 Å². The van der Waals surface area contributed by atoms with Gasteiger partial charge in [0.2, 0.25) is 0 Å². The molecule has 2 aromatic rings. The van der Waals surface area contributed by atoms with Gasteiger partial charge in [-0.2, -0.15) is 5.10 Å². The van der Waals surface area contributed by atoms with Crippen molar-refractivity contribution in [3.63, 3.8) is 0 Å². The Kier molecular flexibility index (Phi) is 5.40. The molecule has 2 aliphatic rings. The highest BCUT2D eigenvalue weighted by Gasteiger charge is 2.41. The second-order valence-corrected chi connectivity index (χ2v) is 10.4. The van der Waals surface area contributed by atoms with Crippen LogP contribution in [0.1, 0.15) is 46.2 Å². The van der Waals surface area contributed by atoms with Crippen LogP contribution in [0.4, 0.5) is 5.82 Å². The third-order valence-corrected chi connectivity index (χ3v) is 7.14. The maximum atomic E-state index is 4.44. The van der Waals surface area contributed by atoms with Gasteiger partial charge in [0.15, 0.2) is 0 Å². The van der Waals surface area contributed by atoms with E-state index in [9.17, 15) is 0 Å². The Morgan fingerprint density at radius 3 is 2.34 bits per heavy atom. The number of fused-ring (bicyclic) bond motifs is 1. The fourth-order valence-corrected chi connectivity index (χ4v) is 4.94. The first-order valence-electron chi connectivity index (χ1n) is 11.0. The molecule has 0 aromatic carbocycles. The summed E-state index contributed by atoms with van der Waals surface area (Å²) in [6.07, 6.45) is 4.49. The van der Waals surface area contributed by atoms with Crippen molar-refractivity contribution in [3.8, 4) is 11.3 Å². The lowest BCUT2D eigenvalue weighted by Gasteiger charge is -2.31. The number of rotatable bonds is 5. The number of nitrogens with one attached hydrogen (secondary N) is 1. The van der Waals surface area contributed by atoms with Gasteiger partial charge in [-0.15, -0.1) is 10.2 Å². The zero-order valence-corrected chi connectivity index (χ0v) is 18.8. The normalized spacial score (nSPS) is 25.9. The molecule has 29 heavy (non-hydrogen) atoms. The summed E-state index contributed by atoms with van der Waals surface area (Å²) in [5.74, 6) is 3.26. The monoisotopic (exact) mass is 396 g/mol. The van der Waals surface area contributed by atoms with Crippen molar-refractivity contribution in [2.45, 2.75) is 53.5 Å². The van der Waals surface area contributed by atoms with Crippen LogP contribution in [0.25, 0.3) is 11.3 Å². The lowest BCUT2D eigenvalue weighted by Crippen LogP contribution is -2.34. The van der Waals surface area contributed by atoms with E-state index in [4.69, 9.17) is 0 Å². The maximum Gasteiger partial charge on any atom is 0.148 e. The Bertz CT molecular complexity index is 820. The summed E-state index contributed by atoms with van der Waals surface area (Å²) >= 11 is 0. The minimum atomic E-state index is 0.390. The second-order valence-electron chi connectivity index (χ2n) is 10.4. The summed E-state index contributed by atoms with van der Waals surface area (Å²) < 4.78 is 1.82. The highest BCUT2D eigenvalue weighted by Crippen LogP contribution is 2.40. The van der Waals surface area contributed by atoms with Crippen molar-refractivity contribution in [2.75, 3.05) is 25.0 Å². The SMILES string of the molecule is Cc1nn(C)cc1-c1ccc(N[C@H]2C[C@@H]3CN(CC(C)C(C)(C)C)C[C@@H]3C2)nn1. The average Bonchev–Trinajstić information content (AvgIpc) is 3.27. The van der Waals surface area contributed by atoms with Crippen LogP contribution in [0.2, 0.25) is 0 Å². The molecule has 6 nitrogen and oxygen atoms in total. The summed E-state index contributed by atoms with van der Waals surface area (Å²) in [5, 5.41) is 16.9. The van der Waals surface area contributed by atoms with Crippen LogP contribution in [-0.2, 0) is 7.05 Å². The van der Waals surface area contributed by atoms with Gasteiger partial charge in [-0.05, 0) is 55.1 Å². The molecule has 0 amide bonds. The van der Waals surface area contributed by atoms with E-state index in [2.05, 4.69) is 59.3 Å². The quantitative estimate of drug-likeness (QED) is 0.828. The molecular weight excluding hydrogens is 360 g/mol. The summed E-state index contributed by atoms with van der Waals surface area (Å²) in [7, 11) is 1.93. The van der Waals surface area contributed by atoms with E-state index >= 15 is 0 Å². The summed E-state index contributed by atoms with van der Waals surface area (Å²) in [4.78, 5) is 2.70. The average molecular weight is 397 g/mol. The highest BCUT2D eigenvalue weighted by molar-refractivity contribution is 5.61. The molecule has 2 fully saturated rings. The molecule has 0 spiro atoms. The molecule has 1 N–H and O–H groups in total. The van der Waals surface area contributed by atoms with Crippen LogP contribution in [0.5, 0.6) is 0 Å². The zero-order chi connectivity index (χ0) is 20.8. The predicted octanol–water partition coefficient (Wildman–Crippen LogP) is 3.99. The van der Waals surface area contributed by atoms with Gasteiger partial charge in [-0.1, -0.05) is 27.7 Å². The predicted molar refractivity (Wildman–Crippen MR) is 118 cm³/mol. The van der Waals surface area contributed by atoms with Gasteiger partial charge >= 0.3 is 0 Å². The third-order valence-electron chi connectivity index (χ3n) is 7.14. The molecule has 2 aromatic heterocycles. The lowest BCUT2D eigenvalue weighted by molar-refractivity contribution is 0.175. The van der Waals surface area contributed by atoms with E-state index in [0.717, 1.165) is 40.5 Å². The minimum Gasteiger partial charge on any atom is -0.366 e. The standard InChI is InChI=1S/C23H36N6/c1-15(23(3,4)5)11-29-12-17-9-19(10-18(17)13-29)24-22-8-7-21(25-26-22)20-14-28(6)27-16(20)2/h7-8,14-15,17-19H,9-13H2,1-6H3,(H,24,26)/t15?,17-,18+,19+.